The molecule has 1 aliphatic rings. The fourth-order valence-electron chi connectivity index (χ4n) is 3.04. The Morgan fingerprint density at radius 1 is 1.50 bits per heavy atom. The third-order valence-electron chi connectivity index (χ3n) is 4.42. The van der Waals surface area contributed by atoms with Gasteiger partial charge in [-0.1, -0.05) is 13.8 Å². The van der Waals surface area contributed by atoms with E-state index in [1.54, 1.807) is 13.1 Å². The average Bonchev–Trinajstić information content (AvgIpc) is 3.24. The van der Waals surface area contributed by atoms with Crippen LogP contribution in [0.2, 0.25) is 0 Å². The van der Waals surface area contributed by atoms with Gasteiger partial charge in [0.1, 0.15) is 10.7 Å². The van der Waals surface area contributed by atoms with Crippen LogP contribution >= 0.6 is 11.3 Å². The van der Waals surface area contributed by atoms with Gasteiger partial charge in [0.15, 0.2) is 0 Å². The van der Waals surface area contributed by atoms with Crippen LogP contribution in [0, 0.1) is 0 Å². The lowest BCUT2D eigenvalue weighted by Crippen LogP contribution is -2.36. The van der Waals surface area contributed by atoms with Crippen molar-refractivity contribution in [2.45, 2.75) is 45.2 Å². The first-order valence-electron chi connectivity index (χ1n) is 8.51. The summed E-state index contributed by atoms with van der Waals surface area (Å²) in [6.45, 7) is 7.35. The van der Waals surface area contributed by atoms with Crippen LogP contribution in [0.4, 0.5) is 0 Å². The van der Waals surface area contributed by atoms with Gasteiger partial charge in [-0.3, -0.25) is 14.4 Å². The van der Waals surface area contributed by atoms with Crippen molar-refractivity contribution in [2.24, 2.45) is 0 Å². The number of hydrogen-bond acceptors (Lipinski definition) is 5. The van der Waals surface area contributed by atoms with Gasteiger partial charge in [-0.25, -0.2) is 4.98 Å². The number of aromatic nitrogens is 3. The fraction of sp³-hybridized carbons (Fsp3) is 0.588. The molecule has 3 heterocycles. The normalized spacial score (nSPS) is 18.9. The highest BCUT2D eigenvalue weighted by atomic mass is 32.1. The van der Waals surface area contributed by atoms with Crippen LogP contribution in [0.15, 0.2) is 18.5 Å². The summed E-state index contributed by atoms with van der Waals surface area (Å²) < 4.78 is 1.94. The molecule has 2 aromatic rings. The topological polar surface area (TPSA) is 63.1 Å². The van der Waals surface area contributed by atoms with Crippen molar-refractivity contribution in [1.29, 1.82) is 0 Å². The Kier molecular flexibility index (Phi) is 5.30. The predicted molar refractivity (Wildman–Crippen MR) is 95.4 cm³/mol. The summed E-state index contributed by atoms with van der Waals surface area (Å²) in [5.41, 5.74) is 0.483. The lowest BCUT2D eigenvalue weighted by atomic mass is 10.1. The number of carbonyl (C=O) groups is 1. The molecule has 3 rings (SSSR count). The van der Waals surface area contributed by atoms with Crippen LogP contribution in [-0.2, 0) is 6.54 Å². The molecule has 7 heteroatoms. The molecule has 24 heavy (non-hydrogen) atoms. The van der Waals surface area contributed by atoms with Crippen molar-refractivity contribution >= 4 is 17.2 Å². The van der Waals surface area contributed by atoms with Crippen molar-refractivity contribution < 1.29 is 4.79 Å². The quantitative estimate of drug-likeness (QED) is 0.903. The second-order valence-electron chi connectivity index (χ2n) is 6.60. The maximum absolute atomic E-state index is 11.7. The molecule has 0 aromatic carbocycles. The van der Waals surface area contributed by atoms with E-state index in [0.717, 1.165) is 32.5 Å². The summed E-state index contributed by atoms with van der Waals surface area (Å²) in [6.07, 6.45) is 6.16. The number of amides is 1. The number of thiazole rings is 1. The zero-order valence-electron chi connectivity index (χ0n) is 14.5. The highest BCUT2D eigenvalue weighted by Gasteiger charge is 2.23. The smallest absolute Gasteiger partial charge is 0.271 e. The molecule has 1 aliphatic heterocycles. The van der Waals surface area contributed by atoms with Crippen LogP contribution in [0.25, 0.3) is 0 Å². The van der Waals surface area contributed by atoms with E-state index in [9.17, 15) is 4.79 Å². The molecule has 1 N–H and O–H groups in total. The second-order valence-corrected chi connectivity index (χ2v) is 7.75. The number of hydrogen-bond donors (Lipinski definition) is 1. The first-order valence-corrected chi connectivity index (χ1v) is 9.32. The summed E-state index contributed by atoms with van der Waals surface area (Å²) in [7, 11) is 1.63. The number of nitrogens with one attached hydrogen (secondary N) is 1. The van der Waals surface area contributed by atoms with Crippen LogP contribution < -0.4 is 5.32 Å². The van der Waals surface area contributed by atoms with Crippen LogP contribution in [0.5, 0.6) is 0 Å². The van der Waals surface area contributed by atoms with Gasteiger partial charge in [-0.15, -0.1) is 11.3 Å². The van der Waals surface area contributed by atoms with Gasteiger partial charge in [0.25, 0.3) is 5.91 Å². The van der Waals surface area contributed by atoms with Gasteiger partial charge in [0.2, 0.25) is 0 Å². The van der Waals surface area contributed by atoms with Crippen molar-refractivity contribution in [1.82, 2.24) is 25.0 Å². The summed E-state index contributed by atoms with van der Waals surface area (Å²) >= 11 is 1.81. The Morgan fingerprint density at radius 2 is 2.33 bits per heavy atom. The molecule has 1 atom stereocenters. The minimum absolute atomic E-state index is 0.134. The van der Waals surface area contributed by atoms with Crippen LogP contribution in [0.3, 0.4) is 0 Å². The van der Waals surface area contributed by atoms with E-state index in [-0.39, 0.29) is 5.91 Å². The molecule has 0 saturated carbocycles. The van der Waals surface area contributed by atoms with Gasteiger partial charge in [0, 0.05) is 30.9 Å². The zero-order chi connectivity index (χ0) is 17.1. The van der Waals surface area contributed by atoms with Crippen LogP contribution in [0.1, 0.15) is 59.0 Å². The molecule has 1 fully saturated rings. The molecule has 0 bridgehead atoms. The van der Waals surface area contributed by atoms with Gasteiger partial charge >= 0.3 is 0 Å². The molecule has 0 radical (unpaired) electrons. The summed E-state index contributed by atoms with van der Waals surface area (Å²) in [5.74, 6) is 0.406. The first-order chi connectivity index (χ1) is 11.6. The highest BCUT2D eigenvalue weighted by Crippen LogP contribution is 2.26. The van der Waals surface area contributed by atoms with E-state index in [1.807, 2.05) is 28.4 Å². The largest absolute Gasteiger partial charge is 0.354 e. The molecule has 1 unspecified atom stereocenters. The molecule has 6 nitrogen and oxygen atoms in total. The second kappa shape index (κ2) is 7.44. The van der Waals surface area contributed by atoms with Crippen molar-refractivity contribution in [3.05, 3.63) is 34.0 Å². The summed E-state index contributed by atoms with van der Waals surface area (Å²) in [5, 5.41) is 8.24. The number of carbonyl (C=O) groups excluding carboxylic acids is 1. The summed E-state index contributed by atoms with van der Waals surface area (Å²) in [6, 6.07) is 2.11. The lowest BCUT2D eigenvalue weighted by molar-refractivity contribution is 0.0955. The Balaban J connectivity index is 1.63. The Hall–Kier alpha value is -1.73. The Labute approximate surface area is 146 Å². The lowest BCUT2D eigenvalue weighted by Gasteiger charge is -2.32. The minimum atomic E-state index is -0.134. The highest BCUT2D eigenvalue weighted by molar-refractivity contribution is 7.11. The van der Waals surface area contributed by atoms with Gasteiger partial charge in [-0.2, -0.15) is 5.10 Å². The van der Waals surface area contributed by atoms with Crippen molar-refractivity contribution in [2.75, 3.05) is 20.1 Å². The summed E-state index contributed by atoms with van der Waals surface area (Å²) in [4.78, 5) is 20.0. The first kappa shape index (κ1) is 17.1. The predicted octanol–water partition coefficient (Wildman–Crippen LogP) is 2.66. The van der Waals surface area contributed by atoms with E-state index in [0.29, 0.717) is 17.7 Å². The average molecular weight is 347 g/mol. The van der Waals surface area contributed by atoms with E-state index in [2.05, 4.69) is 34.1 Å². The van der Waals surface area contributed by atoms with E-state index < -0.39 is 0 Å². The van der Waals surface area contributed by atoms with Crippen molar-refractivity contribution in [3.63, 3.8) is 0 Å². The van der Waals surface area contributed by atoms with Crippen LogP contribution in [-0.4, -0.2) is 45.7 Å². The number of nitrogens with zero attached hydrogens (tertiary/aromatic N) is 4. The number of piperidine rings is 1. The van der Waals surface area contributed by atoms with E-state index in [4.69, 9.17) is 0 Å². The molecule has 1 amide bonds. The van der Waals surface area contributed by atoms with Gasteiger partial charge in [-0.05, 0) is 31.4 Å². The Morgan fingerprint density at radius 3 is 3.04 bits per heavy atom. The maximum Gasteiger partial charge on any atom is 0.271 e. The SMILES string of the molecule is CNC(=O)c1ccn(C2CCCN(Cc3ncc(C(C)C)s3)C2)n1. The standard InChI is InChI=1S/C17H25N5OS/c1-12(2)15-9-19-16(24-15)11-21-7-4-5-13(10-21)22-8-6-14(20-22)17(23)18-3/h6,8-9,12-13H,4-5,7,10-11H2,1-3H3,(H,18,23). The molecule has 130 valence electrons. The van der Waals surface area contributed by atoms with Gasteiger partial charge < -0.3 is 5.32 Å². The third kappa shape index (κ3) is 3.84. The van der Waals surface area contributed by atoms with Crippen molar-refractivity contribution in [3.8, 4) is 0 Å². The Bertz CT molecular complexity index is 693. The van der Waals surface area contributed by atoms with E-state index >= 15 is 0 Å². The molecule has 0 spiro atoms. The maximum atomic E-state index is 11.7. The zero-order valence-corrected chi connectivity index (χ0v) is 15.3. The third-order valence-corrected chi connectivity index (χ3v) is 5.70. The molecule has 2 aromatic heterocycles. The number of rotatable bonds is 5. The molecule has 1 saturated heterocycles. The molecule has 0 aliphatic carbocycles. The monoisotopic (exact) mass is 347 g/mol. The van der Waals surface area contributed by atoms with Gasteiger partial charge in [0.05, 0.1) is 12.6 Å². The fourth-order valence-corrected chi connectivity index (χ4v) is 4.00. The minimum Gasteiger partial charge on any atom is -0.354 e. The molecular formula is C17H25N5OS. The molecular weight excluding hydrogens is 322 g/mol. The number of likely N-dealkylation sites (tertiary alicyclic amines) is 1. The van der Waals surface area contributed by atoms with E-state index in [1.165, 1.54) is 9.88 Å².